The minimum atomic E-state index is -0.912. The summed E-state index contributed by atoms with van der Waals surface area (Å²) in [4.78, 5) is 44.8. The lowest BCUT2D eigenvalue weighted by molar-refractivity contribution is -0.146. The average Bonchev–Trinajstić information content (AvgIpc) is 2.28. The second kappa shape index (κ2) is 10.7. The molecular weight excluding hydrogens is 267 g/mol. The van der Waals surface area contributed by atoms with Crippen LogP contribution < -0.4 is 0 Å². The predicted octanol–water partition coefficient (Wildman–Crippen LogP) is 0.304. The first-order valence-corrected chi connectivity index (χ1v) is 8.34. The summed E-state index contributed by atoms with van der Waals surface area (Å²) in [6, 6.07) is 0. The molecule has 0 aromatic heterocycles. The molecule has 0 saturated heterocycles. The molecule has 0 saturated carbocycles. The van der Waals surface area contributed by atoms with Crippen LogP contribution in [0.4, 0.5) is 0 Å². The van der Waals surface area contributed by atoms with Gasteiger partial charge in [0.05, 0.1) is 13.2 Å². The molecule has 0 aliphatic carbocycles. The summed E-state index contributed by atoms with van der Waals surface area (Å²) < 4.78 is 9.29. The lowest BCUT2D eigenvalue weighted by Crippen LogP contribution is -2.15. The van der Waals surface area contributed by atoms with E-state index in [4.69, 9.17) is 0 Å². The molecule has 0 heterocycles. The topological polar surface area (TPSA) is 86.7 Å². The highest BCUT2D eigenvalue weighted by atomic mass is 27.1. The van der Waals surface area contributed by atoms with Crippen LogP contribution in [-0.4, -0.2) is 51.9 Å². The predicted molar refractivity (Wildman–Crippen MR) is 69.3 cm³/mol. The first-order chi connectivity index (χ1) is 8.99. The molecule has 0 aliphatic heterocycles. The van der Waals surface area contributed by atoms with Gasteiger partial charge in [0.2, 0.25) is 0 Å². The van der Waals surface area contributed by atoms with Crippen LogP contribution >= 0.6 is 0 Å². The highest BCUT2D eigenvalue weighted by Gasteiger charge is 2.14. The van der Waals surface area contributed by atoms with Crippen molar-refractivity contribution in [3.63, 3.8) is 0 Å². The molecule has 106 valence electrons. The number of hydrogen-bond donors (Lipinski definition) is 0. The van der Waals surface area contributed by atoms with Crippen LogP contribution in [0, 0.1) is 0 Å². The highest BCUT2D eigenvalue weighted by Crippen LogP contribution is 1.99. The van der Waals surface area contributed by atoms with Crippen molar-refractivity contribution in [1.29, 1.82) is 0 Å². The molecule has 7 heteroatoms. The Balaban J connectivity index is 3.72. The standard InChI is InChI=1S/2C6H9O3.Al.H/c2*1-3-9-6(8)4-5(2)7;;/h2*2-4H2,1H3;;. The SMILES string of the molecule is CCOC(=O)CC(=O)[CH2][AlH][CH2]C(=O)CC(=O)OCC. The van der Waals surface area contributed by atoms with E-state index in [0.29, 0.717) is 0 Å². The molecule has 0 spiro atoms. The fourth-order valence-electron chi connectivity index (χ4n) is 1.41. The lowest BCUT2D eigenvalue weighted by atomic mass is 10.3. The monoisotopic (exact) mass is 286 g/mol. The minimum Gasteiger partial charge on any atom is -0.466 e. The Morgan fingerprint density at radius 3 is 1.47 bits per heavy atom. The molecule has 0 aliphatic rings. The fourth-order valence-corrected chi connectivity index (χ4v) is 2.72. The Bertz CT molecular complexity index is 307. The van der Waals surface area contributed by atoms with Crippen LogP contribution in [0.15, 0.2) is 0 Å². The summed E-state index contributed by atoms with van der Waals surface area (Å²) in [5.41, 5.74) is 0. The van der Waals surface area contributed by atoms with Gasteiger partial charge in [-0.05, 0) is 24.4 Å². The van der Waals surface area contributed by atoms with Crippen LogP contribution in [0.3, 0.4) is 0 Å². The number of esters is 2. The van der Waals surface area contributed by atoms with Gasteiger partial charge in [-0.1, -0.05) is 0 Å². The van der Waals surface area contributed by atoms with Gasteiger partial charge < -0.3 is 19.1 Å². The molecule has 0 N–H and O–H groups in total. The summed E-state index contributed by atoms with van der Waals surface area (Å²) >= 11 is -0.912. The molecular formula is C12H19AlO6. The first kappa shape index (κ1) is 17.8. The Labute approximate surface area is 118 Å². The molecule has 0 bridgehead atoms. The van der Waals surface area contributed by atoms with E-state index in [0.717, 1.165) is 0 Å². The van der Waals surface area contributed by atoms with Crippen molar-refractivity contribution in [3.8, 4) is 0 Å². The van der Waals surface area contributed by atoms with E-state index in [2.05, 4.69) is 9.47 Å². The van der Waals surface area contributed by atoms with Crippen molar-refractivity contribution in [3.05, 3.63) is 0 Å². The van der Waals surface area contributed by atoms with E-state index in [-0.39, 0.29) is 48.2 Å². The summed E-state index contributed by atoms with van der Waals surface area (Å²) in [5.74, 6) is -1.46. The molecule has 0 unspecified atom stereocenters. The van der Waals surface area contributed by atoms with Gasteiger partial charge in [0.25, 0.3) is 15.2 Å². The van der Waals surface area contributed by atoms with Crippen LogP contribution in [-0.2, 0) is 28.7 Å². The quantitative estimate of drug-likeness (QED) is 0.326. The van der Waals surface area contributed by atoms with E-state index in [1.54, 1.807) is 13.8 Å². The van der Waals surface area contributed by atoms with Crippen molar-refractivity contribution in [2.45, 2.75) is 37.3 Å². The second-order valence-electron chi connectivity index (χ2n) is 3.89. The maximum Gasteiger partial charge on any atom is 0.313 e. The number of carbonyl (C=O) groups is 4. The van der Waals surface area contributed by atoms with E-state index < -0.39 is 27.2 Å². The van der Waals surface area contributed by atoms with Gasteiger partial charge in [-0.25, -0.2) is 0 Å². The minimum absolute atomic E-state index is 0.200. The third kappa shape index (κ3) is 10.4. The summed E-state index contributed by atoms with van der Waals surface area (Å²) in [6.45, 7) is 3.85. The van der Waals surface area contributed by atoms with Crippen LogP contribution in [0.25, 0.3) is 0 Å². The Morgan fingerprint density at radius 1 is 0.789 bits per heavy atom. The van der Waals surface area contributed by atoms with Crippen molar-refractivity contribution in [2.75, 3.05) is 13.2 Å². The highest BCUT2D eigenvalue weighted by molar-refractivity contribution is 6.47. The molecule has 0 rings (SSSR count). The van der Waals surface area contributed by atoms with Crippen LogP contribution in [0.5, 0.6) is 0 Å². The molecule has 0 amide bonds. The van der Waals surface area contributed by atoms with E-state index >= 15 is 0 Å². The molecule has 0 atom stereocenters. The zero-order chi connectivity index (χ0) is 14.7. The maximum atomic E-state index is 11.4. The fraction of sp³-hybridized carbons (Fsp3) is 0.667. The van der Waals surface area contributed by atoms with Crippen molar-refractivity contribution >= 4 is 38.7 Å². The van der Waals surface area contributed by atoms with E-state index in [9.17, 15) is 19.2 Å². The number of ether oxygens (including phenoxy) is 2. The molecule has 0 aromatic carbocycles. The summed E-state index contributed by atoms with van der Waals surface area (Å²) in [6.07, 6.45) is -0.459. The largest absolute Gasteiger partial charge is 0.466 e. The van der Waals surface area contributed by atoms with Crippen LogP contribution in [0.1, 0.15) is 26.7 Å². The molecule has 0 fully saturated rings. The lowest BCUT2D eigenvalue weighted by Gasteiger charge is -2.01. The number of ketones is 2. The number of carbonyl (C=O) groups excluding carboxylic acids is 4. The zero-order valence-corrected chi connectivity index (χ0v) is 12.8. The molecule has 0 radical (unpaired) electrons. The van der Waals surface area contributed by atoms with Gasteiger partial charge in [-0.15, -0.1) is 0 Å². The third-order valence-corrected chi connectivity index (χ3v) is 4.03. The average molecular weight is 286 g/mol. The zero-order valence-electron chi connectivity index (χ0n) is 11.4. The third-order valence-electron chi connectivity index (χ3n) is 2.20. The summed E-state index contributed by atoms with van der Waals surface area (Å²) in [5, 5.41) is 0.542. The Hall–Kier alpha value is -1.19. The van der Waals surface area contributed by atoms with Gasteiger partial charge in [0.15, 0.2) is 0 Å². The van der Waals surface area contributed by atoms with Gasteiger partial charge in [0, 0.05) is 0 Å². The van der Waals surface area contributed by atoms with Gasteiger partial charge in [-0.3, -0.25) is 9.59 Å². The normalized spacial score (nSPS) is 9.58. The Kier molecular flexibility index (Phi) is 10.0. The molecule has 6 nitrogen and oxygen atoms in total. The van der Waals surface area contributed by atoms with Gasteiger partial charge in [-0.2, -0.15) is 0 Å². The maximum absolute atomic E-state index is 11.4. The van der Waals surface area contributed by atoms with Crippen molar-refractivity contribution in [2.24, 2.45) is 0 Å². The molecule has 0 aromatic rings. The smallest absolute Gasteiger partial charge is 0.313 e. The first-order valence-electron chi connectivity index (χ1n) is 6.34. The Morgan fingerprint density at radius 2 is 1.16 bits per heavy atom. The number of Topliss-reactive ketones (excluding diaryl/α,β-unsaturated/α-hetero) is 2. The molecule has 19 heavy (non-hydrogen) atoms. The number of hydrogen-bond acceptors (Lipinski definition) is 6. The van der Waals surface area contributed by atoms with Gasteiger partial charge in [0.1, 0.15) is 24.4 Å². The number of rotatable bonds is 10. The van der Waals surface area contributed by atoms with Crippen molar-refractivity contribution < 1.29 is 28.7 Å². The van der Waals surface area contributed by atoms with Crippen LogP contribution in [0.2, 0.25) is 10.6 Å². The van der Waals surface area contributed by atoms with E-state index in [1.165, 1.54) is 0 Å². The second-order valence-corrected chi connectivity index (χ2v) is 5.60. The summed E-state index contributed by atoms with van der Waals surface area (Å²) in [7, 11) is 0. The van der Waals surface area contributed by atoms with Crippen molar-refractivity contribution in [1.82, 2.24) is 0 Å². The van der Waals surface area contributed by atoms with E-state index in [1.807, 2.05) is 0 Å². The van der Waals surface area contributed by atoms with Gasteiger partial charge >= 0.3 is 11.9 Å².